The van der Waals surface area contributed by atoms with Crippen LogP contribution in [-0.2, 0) is 4.79 Å². The molecule has 2 nitrogen and oxygen atoms in total. The molecule has 4 heteroatoms. The van der Waals surface area contributed by atoms with Gasteiger partial charge in [-0.3, -0.25) is 4.79 Å². The lowest BCUT2D eigenvalue weighted by atomic mass is 9.82. The van der Waals surface area contributed by atoms with Gasteiger partial charge in [0.1, 0.15) is 5.82 Å². The van der Waals surface area contributed by atoms with Gasteiger partial charge in [-0.25, -0.2) is 4.39 Å². The van der Waals surface area contributed by atoms with Crippen LogP contribution < -0.4 is 0 Å². The van der Waals surface area contributed by atoms with E-state index in [1.807, 2.05) is 13.8 Å². The quantitative estimate of drug-likeness (QED) is 0.864. The van der Waals surface area contributed by atoms with Gasteiger partial charge in [0.25, 0.3) is 0 Å². The number of benzene rings is 1. The average Bonchev–Trinajstić information content (AvgIpc) is 2.26. The van der Waals surface area contributed by atoms with Gasteiger partial charge in [-0.1, -0.05) is 44.4 Å². The molecular formula is C13H16ClFO2. The van der Waals surface area contributed by atoms with Crippen molar-refractivity contribution in [2.75, 3.05) is 0 Å². The highest BCUT2D eigenvalue weighted by atomic mass is 35.5. The van der Waals surface area contributed by atoms with Crippen LogP contribution in [0.25, 0.3) is 0 Å². The van der Waals surface area contributed by atoms with E-state index in [1.54, 1.807) is 0 Å². The van der Waals surface area contributed by atoms with Gasteiger partial charge in [-0.15, -0.1) is 0 Å². The number of rotatable bonds is 5. The second kappa shape index (κ2) is 6.01. The van der Waals surface area contributed by atoms with Crippen molar-refractivity contribution in [3.8, 4) is 0 Å². The Bertz CT molecular complexity index is 402. The van der Waals surface area contributed by atoms with Crippen LogP contribution in [0.1, 0.15) is 38.2 Å². The molecule has 0 bridgehead atoms. The maximum absolute atomic E-state index is 12.9. The molecule has 0 saturated heterocycles. The number of aliphatic carboxylic acids is 1. The lowest BCUT2D eigenvalue weighted by molar-refractivity contribution is -0.140. The molecule has 0 aromatic heterocycles. The Morgan fingerprint density at radius 2 is 2.00 bits per heavy atom. The normalized spacial score (nSPS) is 12.8. The fourth-order valence-electron chi connectivity index (χ4n) is 2.10. The maximum Gasteiger partial charge on any atom is 0.311 e. The maximum atomic E-state index is 12.9. The summed E-state index contributed by atoms with van der Waals surface area (Å²) in [6.45, 7) is 3.89. The zero-order valence-corrected chi connectivity index (χ0v) is 10.7. The first-order chi connectivity index (χ1) is 8.01. The summed E-state index contributed by atoms with van der Waals surface area (Å²) in [6, 6.07) is 3.88. The van der Waals surface area contributed by atoms with Gasteiger partial charge in [0.15, 0.2) is 0 Å². The Labute approximate surface area is 105 Å². The minimum Gasteiger partial charge on any atom is -0.481 e. The van der Waals surface area contributed by atoms with Gasteiger partial charge >= 0.3 is 5.97 Å². The average molecular weight is 259 g/mol. The highest BCUT2D eigenvalue weighted by Crippen LogP contribution is 2.34. The van der Waals surface area contributed by atoms with E-state index in [-0.39, 0.29) is 10.9 Å². The molecule has 0 aliphatic rings. The Morgan fingerprint density at radius 3 is 2.41 bits per heavy atom. The van der Waals surface area contributed by atoms with Crippen LogP contribution in [0.4, 0.5) is 4.39 Å². The third kappa shape index (κ3) is 3.19. The van der Waals surface area contributed by atoms with E-state index in [9.17, 15) is 14.3 Å². The number of carbonyl (C=O) groups is 1. The summed E-state index contributed by atoms with van der Waals surface area (Å²) in [5, 5.41) is 9.49. The minimum absolute atomic E-state index is 0.00969. The number of carboxylic acids is 1. The van der Waals surface area contributed by atoms with E-state index in [2.05, 4.69) is 0 Å². The third-order valence-corrected chi connectivity index (χ3v) is 3.41. The summed E-state index contributed by atoms with van der Waals surface area (Å²) in [6.07, 6.45) is 1.50. The molecule has 0 spiro atoms. The Kier molecular flexibility index (Phi) is 4.94. The van der Waals surface area contributed by atoms with Crippen LogP contribution >= 0.6 is 11.6 Å². The molecular weight excluding hydrogens is 243 g/mol. The zero-order valence-electron chi connectivity index (χ0n) is 9.91. The number of hydrogen-bond acceptors (Lipinski definition) is 1. The van der Waals surface area contributed by atoms with E-state index >= 15 is 0 Å². The van der Waals surface area contributed by atoms with Gasteiger partial charge in [-0.05, 0) is 23.6 Å². The van der Waals surface area contributed by atoms with Crippen LogP contribution in [-0.4, -0.2) is 11.1 Å². The monoisotopic (exact) mass is 258 g/mol. The highest BCUT2D eigenvalue weighted by Gasteiger charge is 2.29. The molecule has 1 unspecified atom stereocenters. The molecule has 0 radical (unpaired) electrons. The largest absolute Gasteiger partial charge is 0.481 e. The van der Waals surface area contributed by atoms with Crippen molar-refractivity contribution in [3.05, 3.63) is 34.6 Å². The fraction of sp³-hybridized carbons (Fsp3) is 0.462. The van der Waals surface area contributed by atoms with E-state index in [4.69, 9.17) is 11.6 Å². The van der Waals surface area contributed by atoms with Gasteiger partial charge in [0.2, 0.25) is 0 Å². The molecule has 1 aromatic carbocycles. The lowest BCUT2D eigenvalue weighted by Gasteiger charge is -2.22. The fourth-order valence-corrected chi connectivity index (χ4v) is 2.39. The SMILES string of the molecule is CCC(CC)C(C(=O)O)c1ccc(F)cc1Cl. The van der Waals surface area contributed by atoms with Gasteiger partial charge in [-0.2, -0.15) is 0 Å². The molecule has 1 aromatic rings. The van der Waals surface area contributed by atoms with Crippen molar-refractivity contribution < 1.29 is 14.3 Å². The Morgan fingerprint density at radius 1 is 1.41 bits per heavy atom. The molecule has 94 valence electrons. The van der Waals surface area contributed by atoms with Crippen molar-refractivity contribution in [2.45, 2.75) is 32.6 Å². The van der Waals surface area contributed by atoms with Gasteiger partial charge in [0, 0.05) is 5.02 Å². The van der Waals surface area contributed by atoms with Crippen LogP contribution in [0.5, 0.6) is 0 Å². The van der Waals surface area contributed by atoms with E-state index < -0.39 is 17.7 Å². The Hall–Kier alpha value is -1.09. The first-order valence-electron chi connectivity index (χ1n) is 5.69. The second-order valence-corrected chi connectivity index (χ2v) is 4.47. The number of carboxylic acid groups (broad SMARTS) is 1. The smallest absolute Gasteiger partial charge is 0.311 e. The second-order valence-electron chi connectivity index (χ2n) is 4.06. The summed E-state index contributed by atoms with van der Waals surface area (Å²) in [7, 11) is 0. The third-order valence-electron chi connectivity index (χ3n) is 3.08. The van der Waals surface area contributed by atoms with Crippen molar-refractivity contribution in [3.63, 3.8) is 0 Å². The molecule has 0 heterocycles. The first kappa shape index (κ1) is 14.0. The molecule has 0 amide bonds. The minimum atomic E-state index is -0.910. The molecule has 1 atom stereocenters. The van der Waals surface area contributed by atoms with Gasteiger partial charge in [0.05, 0.1) is 5.92 Å². The van der Waals surface area contributed by atoms with E-state index in [1.165, 1.54) is 12.1 Å². The van der Waals surface area contributed by atoms with Crippen LogP contribution in [0.3, 0.4) is 0 Å². The van der Waals surface area contributed by atoms with Crippen molar-refractivity contribution in [1.29, 1.82) is 0 Å². The zero-order chi connectivity index (χ0) is 13.0. The van der Waals surface area contributed by atoms with Crippen LogP contribution in [0.15, 0.2) is 18.2 Å². The molecule has 0 fully saturated rings. The van der Waals surface area contributed by atoms with Crippen molar-refractivity contribution >= 4 is 17.6 Å². The standard InChI is InChI=1S/C13H16ClFO2/c1-3-8(4-2)12(13(16)17)10-6-5-9(15)7-11(10)14/h5-8,12H,3-4H2,1-2H3,(H,16,17). The van der Waals surface area contributed by atoms with Crippen LogP contribution in [0, 0.1) is 11.7 Å². The molecule has 0 aliphatic carbocycles. The number of halogens is 2. The molecule has 1 N–H and O–H groups in total. The molecule has 0 aliphatic heterocycles. The van der Waals surface area contributed by atoms with Crippen molar-refractivity contribution in [2.24, 2.45) is 5.92 Å². The summed E-state index contributed by atoms with van der Waals surface area (Å²) in [5.74, 6) is -2.02. The molecule has 17 heavy (non-hydrogen) atoms. The Balaban J connectivity index is 3.18. The van der Waals surface area contributed by atoms with Gasteiger partial charge < -0.3 is 5.11 Å². The molecule has 1 rings (SSSR count). The lowest BCUT2D eigenvalue weighted by Crippen LogP contribution is -2.21. The summed E-state index contributed by atoms with van der Waals surface area (Å²) < 4.78 is 12.9. The van der Waals surface area contributed by atoms with E-state index in [0.29, 0.717) is 5.56 Å². The van der Waals surface area contributed by atoms with Crippen molar-refractivity contribution in [1.82, 2.24) is 0 Å². The van der Waals surface area contributed by atoms with E-state index in [0.717, 1.165) is 18.9 Å². The summed E-state index contributed by atoms with van der Waals surface area (Å²) in [4.78, 5) is 11.3. The predicted octanol–water partition coefficient (Wildman–Crippen LogP) is 4.08. The first-order valence-corrected chi connectivity index (χ1v) is 6.06. The summed E-state index contributed by atoms with van der Waals surface area (Å²) in [5.41, 5.74) is 0.495. The summed E-state index contributed by atoms with van der Waals surface area (Å²) >= 11 is 5.92. The molecule has 0 saturated carbocycles. The number of hydrogen-bond donors (Lipinski definition) is 1. The predicted molar refractivity (Wildman–Crippen MR) is 65.9 cm³/mol. The highest BCUT2D eigenvalue weighted by molar-refractivity contribution is 6.31. The van der Waals surface area contributed by atoms with Crippen LogP contribution in [0.2, 0.25) is 5.02 Å². The topological polar surface area (TPSA) is 37.3 Å².